The Morgan fingerprint density at radius 2 is 0.950 bits per heavy atom. The second-order valence-electron chi connectivity index (χ2n) is 4.32. The second kappa shape index (κ2) is 6.23. The van der Waals surface area contributed by atoms with Crippen molar-refractivity contribution < 1.29 is 19.8 Å². The van der Waals surface area contributed by atoms with Crippen molar-refractivity contribution in [1.82, 2.24) is 0 Å². The highest BCUT2D eigenvalue weighted by Gasteiger charge is 2.06. The summed E-state index contributed by atoms with van der Waals surface area (Å²) in [5.74, 6) is -0.638. The Labute approximate surface area is 116 Å². The van der Waals surface area contributed by atoms with Crippen LogP contribution in [0.15, 0.2) is 48.5 Å². The zero-order chi connectivity index (χ0) is 14.5. The molecule has 0 saturated carbocycles. The highest BCUT2D eigenvalue weighted by Crippen LogP contribution is 2.20. The molecule has 20 heavy (non-hydrogen) atoms. The molecular weight excluding hydrogens is 256 g/mol. The highest BCUT2D eigenvalue weighted by molar-refractivity contribution is 5.98. The Hall–Kier alpha value is -2.30. The van der Waals surface area contributed by atoms with Gasteiger partial charge in [0.25, 0.3) is 0 Å². The second-order valence-corrected chi connectivity index (χ2v) is 4.32. The average Bonchev–Trinajstić information content (AvgIpc) is 2.53. The van der Waals surface area contributed by atoms with Gasteiger partial charge in [-0.1, -0.05) is 48.5 Å². The number of carbonyl (C=O) groups is 2. The molecule has 102 valence electrons. The van der Waals surface area contributed by atoms with Crippen LogP contribution in [-0.4, -0.2) is 35.0 Å². The van der Waals surface area contributed by atoms with Crippen LogP contribution in [0.2, 0.25) is 0 Å². The Balaban J connectivity index is 2.23. The lowest BCUT2D eigenvalue weighted by atomic mass is 10.0. The molecule has 0 heterocycles. The van der Waals surface area contributed by atoms with Crippen molar-refractivity contribution in [3.8, 4) is 11.1 Å². The third-order valence-corrected chi connectivity index (χ3v) is 3.03. The first-order valence-corrected chi connectivity index (χ1v) is 6.14. The number of rotatable bonds is 5. The fraction of sp³-hybridized carbons (Fsp3) is 0.125. The van der Waals surface area contributed by atoms with Crippen LogP contribution in [0.3, 0.4) is 0 Å². The number of ketones is 2. The number of carbonyl (C=O) groups excluding carboxylic acids is 2. The fourth-order valence-corrected chi connectivity index (χ4v) is 1.88. The van der Waals surface area contributed by atoms with E-state index < -0.39 is 13.2 Å². The molecule has 0 fully saturated rings. The summed E-state index contributed by atoms with van der Waals surface area (Å²) in [5, 5.41) is 17.6. The van der Waals surface area contributed by atoms with Crippen LogP contribution in [0.5, 0.6) is 0 Å². The van der Waals surface area contributed by atoms with Crippen LogP contribution in [-0.2, 0) is 0 Å². The smallest absolute Gasteiger partial charge is 0.188 e. The predicted octanol–water partition coefficient (Wildman–Crippen LogP) is 1.70. The summed E-state index contributed by atoms with van der Waals surface area (Å²) >= 11 is 0. The maximum atomic E-state index is 11.3. The first-order valence-electron chi connectivity index (χ1n) is 6.14. The van der Waals surface area contributed by atoms with E-state index in [1.807, 2.05) is 0 Å². The van der Waals surface area contributed by atoms with Gasteiger partial charge in [-0.25, -0.2) is 0 Å². The Morgan fingerprint density at radius 3 is 1.20 bits per heavy atom. The molecule has 0 radical (unpaired) electrons. The van der Waals surface area contributed by atoms with E-state index in [0.717, 1.165) is 11.1 Å². The molecule has 4 heteroatoms. The Morgan fingerprint density at radius 1 is 0.650 bits per heavy atom. The molecule has 2 N–H and O–H groups in total. The molecule has 0 aliphatic heterocycles. The molecule has 0 aromatic heterocycles. The molecule has 0 amide bonds. The highest BCUT2D eigenvalue weighted by atomic mass is 16.3. The first-order chi connectivity index (χ1) is 9.65. The summed E-state index contributed by atoms with van der Waals surface area (Å²) in [6.45, 7) is -1.01. The molecule has 2 aromatic rings. The molecule has 2 aromatic carbocycles. The number of aliphatic hydroxyl groups is 2. The molecule has 0 unspecified atom stereocenters. The Kier molecular flexibility index (Phi) is 4.40. The number of benzene rings is 2. The van der Waals surface area contributed by atoms with Crippen molar-refractivity contribution >= 4 is 11.6 Å². The van der Waals surface area contributed by atoms with Crippen LogP contribution < -0.4 is 0 Å². The lowest BCUT2D eigenvalue weighted by Gasteiger charge is -2.04. The van der Waals surface area contributed by atoms with Crippen molar-refractivity contribution in [3.05, 3.63) is 59.7 Å². The molecule has 0 aliphatic rings. The third kappa shape index (κ3) is 2.99. The molecule has 0 bridgehead atoms. The largest absolute Gasteiger partial charge is 0.388 e. The normalized spacial score (nSPS) is 10.3. The summed E-state index contributed by atoms with van der Waals surface area (Å²) in [6.07, 6.45) is 0. The van der Waals surface area contributed by atoms with Crippen LogP contribution in [0.25, 0.3) is 11.1 Å². The van der Waals surface area contributed by atoms with Crippen LogP contribution in [0.4, 0.5) is 0 Å². The van der Waals surface area contributed by atoms with E-state index >= 15 is 0 Å². The zero-order valence-corrected chi connectivity index (χ0v) is 10.7. The summed E-state index contributed by atoms with van der Waals surface area (Å²) in [5.41, 5.74) is 2.73. The Bertz CT molecular complexity index is 554. The maximum Gasteiger partial charge on any atom is 0.188 e. The van der Waals surface area contributed by atoms with Gasteiger partial charge in [0.1, 0.15) is 13.2 Å². The van der Waals surface area contributed by atoms with Gasteiger partial charge in [-0.15, -0.1) is 0 Å². The van der Waals surface area contributed by atoms with Crippen molar-refractivity contribution in [2.75, 3.05) is 13.2 Å². The van der Waals surface area contributed by atoms with Gasteiger partial charge in [-0.3, -0.25) is 9.59 Å². The van der Waals surface area contributed by atoms with E-state index in [4.69, 9.17) is 10.2 Å². The number of Topliss-reactive ketones (excluding diaryl/α,β-unsaturated/α-hetero) is 2. The van der Waals surface area contributed by atoms with Gasteiger partial charge in [0.2, 0.25) is 0 Å². The van der Waals surface area contributed by atoms with E-state index in [1.165, 1.54) is 0 Å². The molecule has 0 saturated heterocycles. The minimum absolute atomic E-state index is 0.319. The summed E-state index contributed by atoms with van der Waals surface area (Å²) in [6, 6.07) is 13.7. The van der Waals surface area contributed by atoms with E-state index in [9.17, 15) is 9.59 Å². The lowest BCUT2D eigenvalue weighted by molar-refractivity contribution is 0.0898. The summed E-state index contributed by atoms with van der Waals surface area (Å²) in [7, 11) is 0. The van der Waals surface area contributed by atoms with Crippen molar-refractivity contribution in [1.29, 1.82) is 0 Å². The topological polar surface area (TPSA) is 74.6 Å². The van der Waals surface area contributed by atoms with Gasteiger partial charge in [0.05, 0.1) is 0 Å². The lowest BCUT2D eigenvalue weighted by Crippen LogP contribution is -2.04. The summed E-state index contributed by atoms with van der Waals surface area (Å²) in [4.78, 5) is 22.6. The maximum absolute atomic E-state index is 11.3. The van der Waals surface area contributed by atoms with Gasteiger partial charge >= 0.3 is 0 Å². The molecular formula is C16H14O4. The van der Waals surface area contributed by atoms with Gasteiger partial charge in [0.15, 0.2) is 11.6 Å². The van der Waals surface area contributed by atoms with Crippen LogP contribution >= 0.6 is 0 Å². The predicted molar refractivity (Wildman–Crippen MR) is 74.7 cm³/mol. The van der Waals surface area contributed by atoms with E-state index in [0.29, 0.717) is 11.1 Å². The number of hydrogen-bond acceptors (Lipinski definition) is 4. The quantitative estimate of drug-likeness (QED) is 0.811. The first kappa shape index (κ1) is 14.1. The monoisotopic (exact) mass is 270 g/mol. The van der Waals surface area contributed by atoms with Gasteiger partial charge < -0.3 is 10.2 Å². The minimum Gasteiger partial charge on any atom is -0.388 e. The molecule has 0 spiro atoms. The van der Waals surface area contributed by atoms with Crippen molar-refractivity contribution in [3.63, 3.8) is 0 Å². The van der Waals surface area contributed by atoms with Gasteiger partial charge in [-0.05, 0) is 11.1 Å². The molecule has 4 nitrogen and oxygen atoms in total. The SMILES string of the molecule is O=C(CO)c1ccc(-c2ccc(C(=O)CO)cc2)cc1. The van der Waals surface area contributed by atoms with E-state index in [-0.39, 0.29) is 11.6 Å². The average molecular weight is 270 g/mol. The standard InChI is InChI=1S/C16H14O4/c17-9-15(19)13-5-1-11(2-6-13)12-3-7-14(8-4-12)16(20)10-18/h1-8,17-18H,9-10H2. The van der Waals surface area contributed by atoms with Crippen molar-refractivity contribution in [2.24, 2.45) is 0 Å². The zero-order valence-electron chi connectivity index (χ0n) is 10.7. The number of aliphatic hydroxyl groups excluding tert-OH is 2. The van der Waals surface area contributed by atoms with Gasteiger partial charge in [-0.2, -0.15) is 0 Å². The fourth-order valence-electron chi connectivity index (χ4n) is 1.88. The van der Waals surface area contributed by atoms with E-state index in [1.54, 1.807) is 48.5 Å². The number of hydrogen-bond donors (Lipinski definition) is 2. The minimum atomic E-state index is -0.503. The van der Waals surface area contributed by atoms with Crippen molar-refractivity contribution in [2.45, 2.75) is 0 Å². The molecule has 2 rings (SSSR count). The van der Waals surface area contributed by atoms with Crippen LogP contribution in [0, 0.1) is 0 Å². The summed E-state index contributed by atoms with van der Waals surface area (Å²) < 4.78 is 0. The van der Waals surface area contributed by atoms with E-state index in [2.05, 4.69) is 0 Å². The van der Waals surface area contributed by atoms with Gasteiger partial charge in [0, 0.05) is 11.1 Å². The molecule has 0 atom stereocenters. The third-order valence-electron chi connectivity index (χ3n) is 3.03. The van der Waals surface area contributed by atoms with Crippen LogP contribution in [0.1, 0.15) is 20.7 Å². The molecule has 0 aliphatic carbocycles.